The third kappa shape index (κ3) is 4.64. The molecule has 1 fully saturated rings. The van der Waals surface area contributed by atoms with Crippen molar-refractivity contribution in [3.05, 3.63) is 0 Å². The number of nitrogens with one attached hydrogen (secondary N) is 2. The molecule has 1 atom stereocenters. The molecule has 0 saturated heterocycles. The molecule has 6 nitrogen and oxygen atoms in total. The van der Waals surface area contributed by atoms with E-state index >= 15 is 0 Å². The predicted molar refractivity (Wildman–Crippen MR) is 52.6 cm³/mol. The van der Waals surface area contributed by atoms with Gasteiger partial charge in [0.1, 0.15) is 6.04 Å². The van der Waals surface area contributed by atoms with Crippen LogP contribution in [0.2, 0.25) is 0 Å². The van der Waals surface area contributed by atoms with Crippen LogP contribution in [0.4, 0.5) is 4.79 Å². The van der Waals surface area contributed by atoms with E-state index in [-0.39, 0.29) is 12.5 Å². The number of amides is 2. The van der Waals surface area contributed by atoms with Gasteiger partial charge in [0.25, 0.3) is 0 Å². The molecule has 2 amide bonds. The molecule has 1 aliphatic carbocycles. The second-order valence-electron chi connectivity index (χ2n) is 3.56. The molecule has 1 unspecified atom stereocenters. The Hall–Kier alpha value is -1.30. The Morgan fingerprint density at radius 1 is 1.53 bits per heavy atom. The fraction of sp³-hybridized carbons (Fsp3) is 0.778. The smallest absolute Gasteiger partial charge is 0.326 e. The number of methoxy groups -OCH3 is 1. The third-order valence-electron chi connectivity index (χ3n) is 2.13. The van der Waals surface area contributed by atoms with E-state index in [0.717, 1.165) is 12.8 Å². The molecule has 1 aliphatic rings. The first kappa shape index (κ1) is 11.8. The Labute approximate surface area is 88.0 Å². The van der Waals surface area contributed by atoms with E-state index in [0.29, 0.717) is 6.61 Å². The van der Waals surface area contributed by atoms with Gasteiger partial charge < -0.3 is 20.5 Å². The molecule has 0 aliphatic heterocycles. The van der Waals surface area contributed by atoms with Gasteiger partial charge in [0.05, 0.1) is 0 Å². The Kier molecular flexibility index (Phi) is 4.36. The molecule has 6 heteroatoms. The highest BCUT2D eigenvalue weighted by molar-refractivity contribution is 5.82. The van der Waals surface area contributed by atoms with Crippen LogP contribution in [-0.2, 0) is 9.53 Å². The molecule has 0 aromatic carbocycles. The lowest BCUT2D eigenvalue weighted by Gasteiger charge is -2.14. The van der Waals surface area contributed by atoms with E-state index in [1.165, 1.54) is 7.11 Å². The fourth-order valence-corrected chi connectivity index (χ4v) is 1.11. The van der Waals surface area contributed by atoms with Gasteiger partial charge in [-0.25, -0.2) is 9.59 Å². The lowest BCUT2D eigenvalue weighted by molar-refractivity contribution is -0.139. The molecule has 15 heavy (non-hydrogen) atoms. The van der Waals surface area contributed by atoms with Crippen LogP contribution in [0.1, 0.15) is 19.3 Å². The minimum absolute atomic E-state index is 0.224. The van der Waals surface area contributed by atoms with E-state index < -0.39 is 18.0 Å². The molecule has 1 saturated carbocycles. The van der Waals surface area contributed by atoms with Gasteiger partial charge in [-0.05, 0) is 12.8 Å². The summed E-state index contributed by atoms with van der Waals surface area (Å²) >= 11 is 0. The fourth-order valence-electron chi connectivity index (χ4n) is 1.11. The summed E-state index contributed by atoms with van der Waals surface area (Å²) < 4.78 is 4.76. The van der Waals surface area contributed by atoms with Gasteiger partial charge in [0.2, 0.25) is 0 Å². The van der Waals surface area contributed by atoms with Crippen LogP contribution in [0.25, 0.3) is 0 Å². The van der Waals surface area contributed by atoms with Crippen LogP contribution < -0.4 is 10.6 Å². The minimum Gasteiger partial charge on any atom is -0.480 e. The number of rotatable bonds is 6. The van der Waals surface area contributed by atoms with E-state index in [4.69, 9.17) is 9.84 Å². The molecule has 0 aromatic rings. The first-order valence-electron chi connectivity index (χ1n) is 4.92. The largest absolute Gasteiger partial charge is 0.480 e. The average Bonchev–Trinajstić information content (AvgIpc) is 2.95. The van der Waals surface area contributed by atoms with Crippen LogP contribution in [-0.4, -0.2) is 42.9 Å². The lowest BCUT2D eigenvalue weighted by Crippen LogP contribution is -2.47. The zero-order valence-electron chi connectivity index (χ0n) is 8.66. The maximum absolute atomic E-state index is 11.2. The molecular weight excluding hydrogens is 200 g/mol. The first-order valence-corrected chi connectivity index (χ1v) is 4.92. The highest BCUT2D eigenvalue weighted by Crippen LogP contribution is 2.18. The summed E-state index contributed by atoms with van der Waals surface area (Å²) in [5.41, 5.74) is 0. The van der Waals surface area contributed by atoms with Crippen LogP contribution in [0.3, 0.4) is 0 Å². The van der Waals surface area contributed by atoms with Crippen LogP contribution in [0.15, 0.2) is 0 Å². The summed E-state index contributed by atoms with van der Waals surface area (Å²) in [7, 11) is 1.49. The number of carboxylic acids is 1. The lowest BCUT2D eigenvalue weighted by atomic mass is 10.2. The number of urea groups is 1. The third-order valence-corrected chi connectivity index (χ3v) is 2.13. The number of carbonyl (C=O) groups excluding carboxylic acids is 1. The maximum atomic E-state index is 11.2. The van der Waals surface area contributed by atoms with Crippen molar-refractivity contribution in [1.29, 1.82) is 0 Å². The summed E-state index contributed by atoms with van der Waals surface area (Å²) in [5, 5.41) is 13.9. The zero-order chi connectivity index (χ0) is 11.3. The van der Waals surface area contributed by atoms with Crippen molar-refractivity contribution in [3.8, 4) is 0 Å². The highest BCUT2D eigenvalue weighted by atomic mass is 16.5. The molecule has 0 spiro atoms. The van der Waals surface area contributed by atoms with Gasteiger partial charge in [0, 0.05) is 26.2 Å². The Bertz CT molecular complexity index is 240. The van der Waals surface area contributed by atoms with Gasteiger partial charge in [-0.2, -0.15) is 0 Å². The van der Waals surface area contributed by atoms with Gasteiger partial charge in [-0.3, -0.25) is 0 Å². The molecule has 0 radical (unpaired) electrons. The van der Waals surface area contributed by atoms with Gasteiger partial charge in [0.15, 0.2) is 0 Å². The van der Waals surface area contributed by atoms with Crippen molar-refractivity contribution in [2.75, 3.05) is 13.7 Å². The second-order valence-corrected chi connectivity index (χ2v) is 3.56. The van der Waals surface area contributed by atoms with E-state index in [9.17, 15) is 9.59 Å². The summed E-state index contributed by atoms with van der Waals surface area (Å²) in [6.45, 7) is 0.306. The summed E-state index contributed by atoms with van der Waals surface area (Å²) in [6, 6.07) is -1.08. The number of carbonyl (C=O) groups is 2. The van der Waals surface area contributed by atoms with Crippen molar-refractivity contribution in [2.45, 2.75) is 31.3 Å². The minimum atomic E-state index is -1.04. The Morgan fingerprint density at radius 2 is 2.20 bits per heavy atom. The van der Waals surface area contributed by atoms with Crippen LogP contribution >= 0.6 is 0 Å². The molecule has 1 rings (SSSR count). The predicted octanol–water partition coefficient (Wildman–Crippen LogP) is -0.0623. The normalized spacial score (nSPS) is 16.9. The van der Waals surface area contributed by atoms with Crippen molar-refractivity contribution in [3.63, 3.8) is 0 Å². The van der Waals surface area contributed by atoms with E-state index in [2.05, 4.69) is 10.6 Å². The van der Waals surface area contributed by atoms with Crippen molar-refractivity contribution < 1.29 is 19.4 Å². The molecule has 86 valence electrons. The first-order chi connectivity index (χ1) is 7.13. The van der Waals surface area contributed by atoms with Crippen molar-refractivity contribution >= 4 is 12.0 Å². The van der Waals surface area contributed by atoms with Crippen molar-refractivity contribution in [1.82, 2.24) is 10.6 Å². The molecular formula is C9H16N2O4. The van der Waals surface area contributed by atoms with E-state index in [1.807, 2.05) is 0 Å². The maximum Gasteiger partial charge on any atom is 0.326 e. The zero-order valence-corrected chi connectivity index (χ0v) is 8.66. The average molecular weight is 216 g/mol. The Morgan fingerprint density at radius 3 is 2.67 bits per heavy atom. The van der Waals surface area contributed by atoms with E-state index in [1.54, 1.807) is 0 Å². The topological polar surface area (TPSA) is 87.7 Å². The van der Waals surface area contributed by atoms with Gasteiger partial charge in [-0.1, -0.05) is 0 Å². The number of aliphatic carboxylic acids is 1. The van der Waals surface area contributed by atoms with Crippen molar-refractivity contribution in [2.24, 2.45) is 0 Å². The summed E-state index contributed by atoms with van der Waals surface area (Å²) in [6.07, 6.45) is 2.22. The standard InChI is InChI=1S/C9H16N2O4/c1-15-5-4-7(8(12)13)11-9(14)10-6-2-3-6/h6-7H,2-5H2,1H3,(H,12,13)(H2,10,11,14). The second kappa shape index (κ2) is 5.55. The SMILES string of the molecule is COCCC(NC(=O)NC1CC1)C(=O)O. The highest BCUT2D eigenvalue weighted by Gasteiger charge is 2.25. The van der Waals surface area contributed by atoms with Gasteiger partial charge in [-0.15, -0.1) is 0 Å². The van der Waals surface area contributed by atoms with Crippen LogP contribution in [0, 0.1) is 0 Å². The quantitative estimate of drug-likeness (QED) is 0.580. The number of ether oxygens (including phenoxy) is 1. The number of carboxylic acid groups (broad SMARTS) is 1. The number of hydrogen-bond donors (Lipinski definition) is 3. The number of hydrogen-bond acceptors (Lipinski definition) is 3. The molecule has 3 N–H and O–H groups in total. The van der Waals surface area contributed by atoms with Gasteiger partial charge >= 0.3 is 12.0 Å². The van der Waals surface area contributed by atoms with Crippen LogP contribution in [0.5, 0.6) is 0 Å². The Balaban J connectivity index is 2.28. The summed E-state index contributed by atoms with van der Waals surface area (Å²) in [5.74, 6) is -1.04. The summed E-state index contributed by atoms with van der Waals surface area (Å²) in [4.78, 5) is 22.0. The molecule has 0 aromatic heterocycles. The molecule has 0 heterocycles. The molecule has 0 bridgehead atoms. The monoisotopic (exact) mass is 216 g/mol.